The molecule has 4 nitrogen and oxygen atoms in total. The van der Waals surface area contributed by atoms with Crippen molar-refractivity contribution in [2.24, 2.45) is 0 Å². The molecule has 140 valence electrons. The first-order chi connectivity index (χ1) is 13.1. The number of nitrogens with zero attached hydrogens (tertiary/aromatic N) is 2. The number of benzene rings is 2. The highest BCUT2D eigenvalue weighted by atomic mass is 19.1. The molecule has 2 aromatic carbocycles. The molecule has 5 heteroatoms. The van der Waals surface area contributed by atoms with Crippen LogP contribution in [-0.4, -0.2) is 36.6 Å². The van der Waals surface area contributed by atoms with Gasteiger partial charge in [-0.15, -0.1) is 0 Å². The van der Waals surface area contributed by atoms with Gasteiger partial charge in [-0.05, 0) is 74.7 Å². The zero-order valence-corrected chi connectivity index (χ0v) is 15.3. The number of carbonyl (C=O) groups is 1. The average Bonchev–Trinajstić information content (AvgIpc) is 3.48. The predicted octanol–water partition coefficient (Wildman–Crippen LogP) is 4.37. The molecular formula is C22H24FN3O. The summed E-state index contributed by atoms with van der Waals surface area (Å²) in [5, 5.41) is 2.98. The van der Waals surface area contributed by atoms with E-state index in [-0.39, 0.29) is 17.3 Å². The Labute approximate surface area is 159 Å². The molecule has 0 radical (unpaired) electrons. The SMILES string of the molecule is O=C(Nc1ccccc1)N1CC2(CCN(C3CC3)CC2)c2cc(F)ccc21. The number of amides is 2. The number of rotatable bonds is 2. The van der Waals surface area contributed by atoms with E-state index >= 15 is 0 Å². The molecule has 1 saturated heterocycles. The summed E-state index contributed by atoms with van der Waals surface area (Å²) in [5.74, 6) is -0.219. The maximum atomic E-state index is 14.1. The molecule has 27 heavy (non-hydrogen) atoms. The second-order valence-corrected chi connectivity index (χ2v) is 8.09. The van der Waals surface area contributed by atoms with Crippen LogP contribution >= 0.6 is 0 Å². The van der Waals surface area contributed by atoms with Crippen molar-refractivity contribution in [2.75, 3.05) is 29.9 Å². The maximum Gasteiger partial charge on any atom is 0.326 e. The summed E-state index contributed by atoms with van der Waals surface area (Å²) in [6.45, 7) is 2.70. The summed E-state index contributed by atoms with van der Waals surface area (Å²) in [5.41, 5.74) is 2.50. The average molecular weight is 365 g/mol. The molecule has 0 atom stereocenters. The van der Waals surface area contributed by atoms with Gasteiger partial charge in [-0.2, -0.15) is 0 Å². The molecule has 1 aliphatic carbocycles. The summed E-state index contributed by atoms with van der Waals surface area (Å²) in [4.78, 5) is 17.3. The van der Waals surface area contributed by atoms with Gasteiger partial charge in [0.25, 0.3) is 0 Å². The smallest absolute Gasteiger partial charge is 0.308 e. The van der Waals surface area contributed by atoms with Gasteiger partial charge in [0.1, 0.15) is 5.82 Å². The van der Waals surface area contributed by atoms with Crippen LogP contribution in [0.4, 0.5) is 20.6 Å². The Balaban J connectivity index is 1.42. The summed E-state index contributed by atoms with van der Waals surface area (Å²) in [7, 11) is 0. The molecule has 0 unspecified atom stereocenters. The Morgan fingerprint density at radius 1 is 1.07 bits per heavy atom. The van der Waals surface area contributed by atoms with Crippen LogP contribution in [0, 0.1) is 5.82 Å². The lowest BCUT2D eigenvalue weighted by Gasteiger charge is -2.40. The molecule has 2 aliphatic heterocycles. The molecule has 1 N–H and O–H groups in total. The molecule has 2 heterocycles. The van der Waals surface area contributed by atoms with Gasteiger partial charge >= 0.3 is 6.03 Å². The maximum absolute atomic E-state index is 14.1. The number of urea groups is 1. The van der Waals surface area contributed by atoms with E-state index in [0.29, 0.717) is 6.54 Å². The van der Waals surface area contributed by atoms with Crippen molar-refractivity contribution < 1.29 is 9.18 Å². The number of hydrogen-bond acceptors (Lipinski definition) is 2. The zero-order valence-electron chi connectivity index (χ0n) is 15.3. The predicted molar refractivity (Wildman–Crippen MR) is 105 cm³/mol. The number of halogens is 1. The number of para-hydroxylation sites is 1. The van der Waals surface area contributed by atoms with Gasteiger partial charge in [0, 0.05) is 29.4 Å². The van der Waals surface area contributed by atoms with Crippen LogP contribution < -0.4 is 10.2 Å². The van der Waals surface area contributed by atoms with E-state index in [2.05, 4.69) is 10.2 Å². The van der Waals surface area contributed by atoms with Crippen molar-refractivity contribution in [3.05, 3.63) is 59.9 Å². The standard InChI is InChI=1S/C22H24FN3O/c23-16-6-9-20-19(14-16)22(10-12-25(13-11-22)18-7-8-18)15-26(20)21(27)24-17-4-2-1-3-5-17/h1-6,9,14,18H,7-8,10-13,15H2,(H,24,27). The summed E-state index contributed by atoms with van der Waals surface area (Å²) >= 11 is 0. The van der Waals surface area contributed by atoms with Crippen molar-refractivity contribution in [1.82, 2.24) is 4.90 Å². The van der Waals surface area contributed by atoms with Gasteiger partial charge in [0.2, 0.25) is 0 Å². The van der Waals surface area contributed by atoms with Crippen molar-refractivity contribution in [3.63, 3.8) is 0 Å². The topological polar surface area (TPSA) is 35.6 Å². The molecule has 2 amide bonds. The van der Waals surface area contributed by atoms with Gasteiger partial charge in [0.15, 0.2) is 0 Å². The van der Waals surface area contributed by atoms with E-state index < -0.39 is 0 Å². The molecular weight excluding hydrogens is 341 g/mol. The van der Waals surface area contributed by atoms with Gasteiger partial charge in [-0.25, -0.2) is 9.18 Å². The van der Waals surface area contributed by atoms with E-state index in [1.807, 2.05) is 30.3 Å². The van der Waals surface area contributed by atoms with Gasteiger partial charge in [0.05, 0.1) is 0 Å². The van der Waals surface area contributed by atoms with Crippen molar-refractivity contribution >= 4 is 17.4 Å². The fourth-order valence-corrected chi connectivity index (χ4v) is 4.72. The minimum atomic E-state index is -0.219. The van der Waals surface area contributed by atoms with Crippen molar-refractivity contribution in [2.45, 2.75) is 37.1 Å². The largest absolute Gasteiger partial charge is 0.326 e. The third-order valence-electron chi connectivity index (χ3n) is 6.37. The minimum absolute atomic E-state index is 0.128. The third-order valence-corrected chi connectivity index (χ3v) is 6.37. The summed E-state index contributed by atoms with van der Waals surface area (Å²) in [6, 6.07) is 15.0. The Morgan fingerprint density at radius 2 is 1.81 bits per heavy atom. The summed E-state index contributed by atoms with van der Waals surface area (Å²) in [6.07, 6.45) is 4.58. The number of hydrogen-bond donors (Lipinski definition) is 1. The normalized spacial score (nSPS) is 21.3. The summed E-state index contributed by atoms with van der Waals surface area (Å²) < 4.78 is 14.1. The number of piperidine rings is 1. The number of nitrogens with one attached hydrogen (secondary N) is 1. The van der Waals surface area contributed by atoms with E-state index in [0.717, 1.165) is 48.9 Å². The molecule has 2 fully saturated rings. The molecule has 0 aromatic heterocycles. The van der Waals surface area contributed by atoms with Gasteiger partial charge in [-0.1, -0.05) is 18.2 Å². The first-order valence-electron chi connectivity index (χ1n) is 9.82. The first-order valence-corrected chi connectivity index (χ1v) is 9.82. The van der Waals surface area contributed by atoms with E-state index in [9.17, 15) is 9.18 Å². The van der Waals surface area contributed by atoms with E-state index in [4.69, 9.17) is 0 Å². The quantitative estimate of drug-likeness (QED) is 0.858. The van der Waals surface area contributed by atoms with Crippen molar-refractivity contribution in [1.29, 1.82) is 0 Å². The Kier molecular flexibility index (Phi) is 3.93. The van der Waals surface area contributed by atoms with Crippen LogP contribution in [0.25, 0.3) is 0 Å². The van der Waals surface area contributed by atoms with Crippen LogP contribution in [0.3, 0.4) is 0 Å². The molecule has 1 saturated carbocycles. The monoisotopic (exact) mass is 365 g/mol. The lowest BCUT2D eigenvalue weighted by molar-refractivity contribution is 0.159. The van der Waals surface area contributed by atoms with Crippen LogP contribution in [-0.2, 0) is 5.41 Å². The zero-order chi connectivity index (χ0) is 18.4. The lowest BCUT2D eigenvalue weighted by atomic mass is 9.74. The van der Waals surface area contributed by atoms with Crippen molar-refractivity contribution in [3.8, 4) is 0 Å². The lowest BCUT2D eigenvalue weighted by Crippen LogP contribution is -2.47. The van der Waals surface area contributed by atoms with Crippen LogP contribution in [0.15, 0.2) is 48.5 Å². The highest BCUT2D eigenvalue weighted by Gasteiger charge is 2.48. The highest BCUT2D eigenvalue weighted by molar-refractivity contribution is 6.03. The Bertz CT molecular complexity index is 857. The Hall–Kier alpha value is -2.40. The molecule has 2 aromatic rings. The van der Waals surface area contributed by atoms with Crippen LogP contribution in [0.2, 0.25) is 0 Å². The first kappa shape index (κ1) is 16.8. The number of fused-ring (bicyclic) bond motifs is 2. The third kappa shape index (κ3) is 3.00. The number of likely N-dealkylation sites (tertiary alicyclic amines) is 1. The van der Waals surface area contributed by atoms with E-state index in [1.165, 1.54) is 18.9 Å². The fraction of sp³-hybridized carbons (Fsp3) is 0.409. The second-order valence-electron chi connectivity index (χ2n) is 8.09. The van der Waals surface area contributed by atoms with Crippen LogP contribution in [0.1, 0.15) is 31.2 Å². The van der Waals surface area contributed by atoms with E-state index in [1.54, 1.807) is 17.0 Å². The fourth-order valence-electron chi connectivity index (χ4n) is 4.72. The number of anilines is 2. The highest BCUT2D eigenvalue weighted by Crippen LogP contribution is 2.48. The molecule has 5 rings (SSSR count). The Morgan fingerprint density at radius 3 is 2.52 bits per heavy atom. The molecule has 0 bridgehead atoms. The second kappa shape index (κ2) is 6.34. The molecule has 3 aliphatic rings. The van der Waals surface area contributed by atoms with Gasteiger partial charge < -0.3 is 10.2 Å². The minimum Gasteiger partial charge on any atom is -0.308 e. The van der Waals surface area contributed by atoms with Crippen LogP contribution in [0.5, 0.6) is 0 Å². The number of carbonyl (C=O) groups excluding carboxylic acids is 1. The van der Waals surface area contributed by atoms with Gasteiger partial charge in [-0.3, -0.25) is 4.90 Å². The molecule has 1 spiro atoms.